The minimum atomic E-state index is 0.0116. The molecule has 7 heteroatoms. The number of amides is 1. The quantitative estimate of drug-likeness (QED) is 0.736. The molecule has 1 aromatic carbocycles. The lowest BCUT2D eigenvalue weighted by atomic mass is 9.96. The minimum Gasteiger partial charge on any atom is -0.403 e. The number of carbonyl (C=O) groups excluding carboxylic acids is 1. The van der Waals surface area contributed by atoms with E-state index < -0.39 is 0 Å². The van der Waals surface area contributed by atoms with Crippen molar-refractivity contribution < 1.29 is 9.21 Å². The summed E-state index contributed by atoms with van der Waals surface area (Å²) in [5.41, 5.74) is 3.15. The third-order valence-corrected chi connectivity index (χ3v) is 5.07. The number of pyridine rings is 1. The van der Waals surface area contributed by atoms with Crippen LogP contribution in [0.4, 0.5) is 6.01 Å². The SMILES string of the molecule is Cc1ccc(-c2nnc(N3CCC(C(=O)NCc4ccncc4)CC3)o2)cc1. The molecule has 0 unspecified atom stereocenters. The van der Waals surface area contributed by atoms with Crippen LogP contribution >= 0.6 is 0 Å². The molecular weight excluding hydrogens is 354 g/mol. The van der Waals surface area contributed by atoms with Crippen molar-refractivity contribution in [3.8, 4) is 11.5 Å². The van der Waals surface area contributed by atoms with Gasteiger partial charge in [0.1, 0.15) is 0 Å². The van der Waals surface area contributed by atoms with Crippen molar-refractivity contribution in [3.63, 3.8) is 0 Å². The van der Waals surface area contributed by atoms with E-state index in [1.165, 1.54) is 5.56 Å². The molecule has 3 aromatic rings. The van der Waals surface area contributed by atoms with Crippen LogP contribution < -0.4 is 10.2 Å². The summed E-state index contributed by atoms with van der Waals surface area (Å²) in [5.74, 6) is 0.632. The highest BCUT2D eigenvalue weighted by atomic mass is 16.4. The average molecular weight is 377 g/mol. The van der Waals surface area contributed by atoms with Crippen molar-refractivity contribution in [1.82, 2.24) is 20.5 Å². The standard InChI is InChI=1S/C21H23N5O2/c1-15-2-4-18(5-3-15)20-24-25-21(28-20)26-12-8-17(9-13-26)19(27)23-14-16-6-10-22-11-7-16/h2-7,10-11,17H,8-9,12-14H2,1H3,(H,23,27). The zero-order valence-corrected chi connectivity index (χ0v) is 15.8. The molecule has 2 aromatic heterocycles. The van der Waals surface area contributed by atoms with Gasteiger partial charge in [0.05, 0.1) is 0 Å². The molecule has 0 spiro atoms. The number of carbonyl (C=O) groups is 1. The predicted molar refractivity (Wildman–Crippen MR) is 105 cm³/mol. The summed E-state index contributed by atoms with van der Waals surface area (Å²) in [6.07, 6.45) is 5.00. The Balaban J connectivity index is 1.30. The summed E-state index contributed by atoms with van der Waals surface area (Å²) >= 11 is 0. The van der Waals surface area contributed by atoms with Crippen LogP contribution in [-0.2, 0) is 11.3 Å². The first-order valence-electron chi connectivity index (χ1n) is 9.51. The van der Waals surface area contributed by atoms with Crippen molar-refractivity contribution in [2.75, 3.05) is 18.0 Å². The highest BCUT2D eigenvalue weighted by molar-refractivity contribution is 5.78. The molecule has 1 saturated heterocycles. The Bertz CT molecular complexity index is 915. The highest BCUT2D eigenvalue weighted by Crippen LogP contribution is 2.26. The van der Waals surface area contributed by atoms with Crippen LogP contribution in [-0.4, -0.2) is 34.2 Å². The van der Waals surface area contributed by atoms with Gasteiger partial charge < -0.3 is 14.6 Å². The fourth-order valence-corrected chi connectivity index (χ4v) is 3.32. The number of hydrogen-bond acceptors (Lipinski definition) is 6. The van der Waals surface area contributed by atoms with Gasteiger partial charge in [-0.1, -0.05) is 22.8 Å². The number of hydrogen-bond donors (Lipinski definition) is 1. The maximum atomic E-state index is 12.4. The summed E-state index contributed by atoms with van der Waals surface area (Å²) in [5, 5.41) is 11.4. The molecule has 1 amide bonds. The Hall–Kier alpha value is -3.22. The number of benzene rings is 1. The Labute approximate surface area is 163 Å². The van der Waals surface area contributed by atoms with Crippen LogP contribution in [0.2, 0.25) is 0 Å². The van der Waals surface area contributed by atoms with Gasteiger partial charge in [0.15, 0.2) is 0 Å². The molecule has 7 nitrogen and oxygen atoms in total. The Kier molecular flexibility index (Phi) is 5.32. The summed E-state index contributed by atoms with van der Waals surface area (Å²) < 4.78 is 5.85. The van der Waals surface area contributed by atoms with Crippen molar-refractivity contribution >= 4 is 11.9 Å². The maximum Gasteiger partial charge on any atom is 0.318 e. The number of rotatable bonds is 5. The molecule has 0 bridgehead atoms. The first-order valence-corrected chi connectivity index (χ1v) is 9.51. The topological polar surface area (TPSA) is 84.2 Å². The normalized spacial score (nSPS) is 14.8. The van der Waals surface area contributed by atoms with Gasteiger partial charge in [-0.3, -0.25) is 9.78 Å². The number of anilines is 1. The van der Waals surface area contributed by atoms with E-state index in [2.05, 4.69) is 25.4 Å². The fourth-order valence-electron chi connectivity index (χ4n) is 3.32. The monoisotopic (exact) mass is 377 g/mol. The summed E-state index contributed by atoms with van der Waals surface area (Å²) in [4.78, 5) is 18.5. The van der Waals surface area contributed by atoms with Crippen LogP contribution in [0.25, 0.3) is 11.5 Å². The van der Waals surface area contributed by atoms with E-state index in [1.807, 2.05) is 43.3 Å². The lowest BCUT2D eigenvalue weighted by Crippen LogP contribution is -2.40. The van der Waals surface area contributed by atoms with Crippen LogP contribution in [0.3, 0.4) is 0 Å². The number of aryl methyl sites for hydroxylation is 1. The van der Waals surface area contributed by atoms with Crippen molar-refractivity contribution in [1.29, 1.82) is 0 Å². The second-order valence-corrected chi connectivity index (χ2v) is 7.09. The molecule has 1 aliphatic rings. The smallest absolute Gasteiger partial charge is 0.318 e. The van der Waals surface area contributed by atoms with Crippen LogP contribution in [0.1, 0.15) is 24.0 Å². The van der Waals surface area contributed by atoms with E-state index in [4.69, 9.17) is 4.42 Å². The van der Waals surface area contributed by atoms with Crippen LogP contribution in [0.15, 0.2) is 53.2 Å². The lowest BCUT2D eigenvalue weighted by Gasteiger charge is -2.29. The number of piperidine rings is 1. The van der Waals surface area contributed by atoms with Crippen LogP contribution in [0.5, 0.6) is 0 Å². The maximum absolute atomic E-state index is 12.4. The number of aromatic nitrogens is 3. The van der Waals surface area contributed by atoms with E-state index in [-0.39, 0.29) is 11.8 Å². The Morgan fingerprint density at radius 2 is 1.82 bits per heavy atom. The van der Waals surface area contributed by atoms with E-state index in [0.717, 1.165) is 37.1 Å². The van der Waals surface area contributed by atoms with Crippen molar-refractivity contribution in [2.45, 2.75) is 26.3 Å². The lowest BCUT2D eigenvalue weighted by molar-refractivity contribution is -0.125. The second-order valence-electron chi connectivity index (χ2n) is 7.09. The molecule has 3 heterocycles. The third kappa shape index (κ3) is 4.19. The fraction of sp³-hybridized carbons (Fsp3) is 0.333. The summed E-state index contributed by atoms with van der Waals surface area (Å²) in [7, 11) is 0. The zero-order chi connectivity index (χ0) is 19.3. The zero-order valence-electron chi connectivity index (χ0n) is 15.8. The number of nitrogens with zero attached hydrogens (tertiary/aromatic N) is 4. The molecule has 28 heavy (non-hydrogen) atoms. The van der Waals surface area contributed by atoms with E-state index in [0.29, 0.717) is 18.5 Å². The third-order valence-electron chi connectivity index (χ3n) is 5.07. The van der Waals surface area contributed by atoms with Gasteiger partial charge >= 0.3 is 6.01 Å². The van der Waals surface area contributed by atoms with E-state index >= 15 is 0 Å². The van der Waals surface area contributed by atoms with Gasteiger partial charge in [-0.15, -0.1) is 5.10 Å². The average Bonchev–Trinajstić information content (AvgIpc) is 3.24. The molecular formula is C21H23N5O2. The largest absolute Gasteiger partial charge is 0.403 e. The van der Waals surface area contributed by atoms with Gasteiger partial charge in [-0.05, 0) is 49.6 Å². The summed E-state index contributed by atoms with van der Waals surface area (Å²) in [6.45, 7) is 4.03. The van der Waals surface area contributed by atoms with Gasteiger partial charge in [-0.25, -0.2) is 0 Å². The number of nitrogens with one attached hydrogen (secondary N) is 1. The van der Waals surface area contributed by atoms with E-state index in [1.54, 1.807) is 12.4 Å². The molecule has 0 saturated carbocycles. The molecule has 0 atom stereocenters. The van der Waals surface area contributed by atoms with Crippen molar-refractivity contribution in [3.05, 3.63) is 59.9 Å². The highest BCUT2D eigenvalue weighted by Gasteiger charge is 2.27. The molecule has 1 fully saturated rings. The first kappa shape index (κ1) is 18.2. The molecule has 144 valence electrons. The molecule has 0 radical (unpaired) electrons. The molecule has 1 aliphatic heterocycles. The second kappa shape index (κ2) is 8.21. The molecule has 0 aliphatic carbocycles. The summed E-state index contributed by atoms with van der Waals surface area (Å²) in [6, 6.07) is 12.3. The van der Waals surface area contributed by atoms with Gasteiger partial charge in [0, 0.05) is 43.5 Å². The molecule has 4 rings (SSSR count). The Morgan fingerprint density at radius 1 is 1.11 bits per heavy atom. The van der Waals surface area contributed by atoms with Crippen LogP contribution in [0, 0.1) is 12.8 Å². The predicted octanol–water partition coefficient (Wildman–Crippen LogP) is 2.97. The van der Waals surface area contributed by atoms with Gasteiger partial charge in [0.25, 0.3) is 0 Å². The first-order chi connectivity index (χ1) is 13.7. The minimum absolute atomic E-state index is 0.0116. The van der Waals surface area contributed by atoms with E-state index in [9.17, 15) is 4.79 Å². The van der Waals surface area contributed by atoms with Gasteiger partial charge in [0.2, 0.25) is 11.8 Å². The van der Waals surface area contributed by atoms with Crippen molar-refractivity contribution in [2.24, 2.45) is 5.92 Å². The van der Waals surface area contributed by atoms with Gasteiger partial charge in [-0.2, -0.15) is 0 Å². The Morgan fingerprint density at radius 3 is 2.54 bits per heavy atom. The molecule has 1 N–H and O–H groups in total.